The van der Waals surface area contributed by atoms with Crippen molar-refractivity contribution in [3.05, 3.63) is 28.3 Å². The average Bonchev–Trinajstić information content (AvgIpc) is 2.88. The zero-order chi connectivity index (χ0) is 12.4. The Morgan fingerprint density at radius 1 is 1.50 bits per heavy atom. The average molecular weight is 264 g/mol. The second kappa shape index (κ2) is 5.07. The minimum absolute atomic E-state index is 0.578. The Hall–Kier alpha value is -1.40. The van der Waals surface area contributed by atoms with Crippen LogP contribution in [0.4, 0.5) is 6.01 Å². The second-order valence-electron chi connectivity index (χ2n) is 4.62. The van der Waals surface area contributed by atoms with Gasteiger partial charge in [-0.2, -0.15) is 11.3 Å². The first kappa shape index (κ1) is 11.7. The quantitative estimate of drug-likeness (QED) is 0.865. The summed E-state index contributed by atoms with van der Waals surface area (Å²) in [5.74, 6) is 0.661. The van der Waals surface area contributed by atoms with E-state index in [9.17, 15) is 0 Å². The molecule has 0 amide bonds. The molecule has 6 heteroatoms. The molecule has 0 aromatic carbocycles. The maximum absolute atomic E-state index is 5.62. The van der Waals surface area contributed by atoms with Crippen molar-refractivity contribution >= 4 is 17.4 Å². The van der Waals surface area contributed by atoms with Crippen LogP contribution in [-0.2, 0) is 13.1 Å². The summed E-state index contributed by atoms with van der Waals surface area (Å²) in [6, 6.07) is 3.34. The molecule has 0 unspecified atom stereocenters. The van der Waals surface area contributed by atoms with Gasteiger partial charge in [0.25, 0.3) is 0 Å². The number of nitrogens with zero attached hydrogens (tertiary/aromatic N) is 3. The van der Waals surface area contributed by atoms with Crippen LogP contribution >= 0.6 is 11.3 Å². The molecular weight excluding hydrogens is 248 g/mol. The highest BCUT2D eigenvalue weighted by atomic mass is 32.1. The lowest BCUT2D eigenvalue weighted by Gasteiger charge is -2.12. The summed E-state index contributed by atoms with van der Waals surface area (Å²) in [6.45, 7) is 1.46. The normalized spacial score (nSPS) is 14.9. The van der Waals surface area contributed by atoms with Crippen molar-refractivity contribution in [2.24, 2.45) is 0 Å². The number of anilines is 1. The Labute approximate surface area is 110 Å². The van der Waals surface area contributed by atoms with Crippen molar-refractivity contribution in [1.82, 2.24) is 15.5 Å². The van der Waals surface area contributed by atoms with E-state index in [0.29, 0.717) is 24.5 Å². The van der Waals surface area contributed by atoms with Gasteiger partial charge in [0, 0.05) is 19.6 Å². The molecule has 2 aromatic rings. The van der Waals surface area contributed by atoms with E-state index in [-0.39, 0.29) is 0 Å². The van der Waals surface area contributed by atoms with E-state index in [4.69, 9.17) is 4.42 Å². The molecule has 18 heavy (non-hydrogen) atoms. The SMILES string of the molecule is CN(Cc1ccsc1)c1nnc(CNC2CC2)o1. The molecule has 0 bridgehead atoms. The molecule has 96 valence electrons. The number of hydrogen-bond donors (Lipinski definition) is 1. The lowest BCUT2D eigenvalue weighted by molar-refractivity contribution is 0.464. The van der Waals surface area contributed by atoms with Crippen molar-refractivity contribution < 1.29 is 4.42 Å². The Morgan fingerprint density at radius 3 is 3.11 bits per heavy atom. The Balaban J connectivity index is 1.57. The van der Waals surface area contributed by atoms with Crippen LogP contribution in [0.25, 0.3) is 0 Å². The summed E-state index contributed by atoms with van der Waals surface area (Å²) in [6.07, 6.45) is 2.53. The van der Waals surface area contributed by atoms with E-state index in [1.54, 1.807) is 11.3 Å². The first-order valence-electron chi connectivity index (χ1n) is 6.09. The summed E-state index contributed by atoms with van der Waals surface area (Å²) < 4.78 is 5.62. The summed E-state index contributed by atoms with van der Waals surface area (Å²) in [7, 11) is 1.96. The zero-order valence-electron chi connectivity index (χ0n) is 10.3. The zero-order valence-corrected chi connectivity index (χ0v) is 11.1. The van der Waals surface area contributed by atoms with Gasteiger partial charge in [-0.3, -0.25) is 0 Å². The van der Waals surface area contributed by atoms with Crippen molar-refractivity contribution in [2.75, 3.05) is 11.9 Å². The van der Waals surface area contributed by atoms with Gasteiger partial charge < -0.3 is 14.6 Å². The molecule has 0 radical (unpaired) electrons. The van der Waals surface area contributed by atoms with E-state index >= 15 is 0 Å². The second-order valence-corrected chi connectivity index (χ2v) is 5.40. The molecule has 2 aromatic heterocycles. The van der Waals surface area contributed by atoms with Crippen LogP contribution in [0.15, 0.2) is 21.2 Å². The predicted octanol–water partition coefficient (Wildman–Crippen LogP) is 2.02. The van der Waals surface area contributed by atoms with Crippen LogP contribution in [0.1, 0.15) is 24.3 Å². The maximum Gasteiger partial charge on any atom is 0.318 e. The van der Waals surface area contributed by atoms with Gasteiger partial charge in [0.2, 0.25) is 5.89 Å². The maximum atomic E-state index is 5.62. The fourth-order valence-corrected chi connectivity index (χ4v) is 2.37. The van der Waals surface area contributed by atoms with Crippen LogP contribution in [0.2, 0.25) is 0 Å². The molecule has 0 aliphatic heterocycles. The van der Waals surface area contributed by atoms with Gasteiger partial charge in [-0.25, -0.2) is 0 Å². The minimum Gasteiger partial charge on any atom is -0.407 e. The van der Waals surface area contributed by atoms with E-state index in [1.807, 2.05) is 11.9 Å². The Bertz CT molecular complexity index is 492. The van der Waals surface area contributed by atoms with E-state index < -0.39 is 0 Å². The summed E-state index contributed by atoms with van der Waals surface area (Å²) in [5, 5.41) is 15.7. The number of thiophene rings is 1. The van der Waals surface area contributed by atoms with Gasteiger partial charge in [-0.1, -0.05) is 5.10 Å². The van der Waals surface area contributed by atoms with Gasteiger partial charge in [0.05, 0.1) is 6.54 Å². The van der Waals surface area contributed by atoms with Crippen LogP contribution < -0.4 is 10.2 Å². The molecule has 1 saturated carbocycles. The Morgan fingerprint density at radius 2 is 2.39 bits per heavy atom. The van der Waals surface area contributed by atoms with Crippen molar-refractivity contribution in [3.8, 4) is 0 Å². The molecule has 1 aliphatic carbocycles. The molecule has 0 spiro atoms. The lowest BCUT2D eigenvalue weighted by atomic mass is 10.3. The van der Waals surface area contributed by atoms with Gasteiger partial charge in [-0.15, -0.1) is 5.10 Å². The van der Waals surface area contributed by atoms with Crippen LogP contribution in [-0.4, -0.2) is 23.3 Å². The number of rotatable bonds is 6. The van der Waals surface area contributed by atoms with Gasteiger partial charge in [0.1, 0.15) is 0 Å². The van der Waals surface area contributed by atoms with Gasteiger partial charge in [0.15, 0.2) is 0 Å². The molecule has 0 saturated heterocycles. The van der Waals surface area contributed by atoms with Crippen molar-refractivity contribution in [1.29, 1.82) is 0 Å². The van der Waals surface area contributed by atoms with Gasteiger partial charge >= 0.3 is 6.01 Å². The fourth-order valence-electron chi connectivity index (χ4n) is 1.71. The van der Waals surface area contributed by atoms with Crippen molar-refractivity contribution in [3.63, 3.8) is 0 Å². The van der Waals surface area contributed by atoms with E-state index in [2.05, 4.69) is 32.3 Å². The molecule has 3 rings (SSSR count). The molecule has 5 nitrogen and oxygen atoms in total. The third-order valence-corrected chi connectivity index (χ3v) is 3.63. The highest BCUT2D eigenvalue weighted by Gasteiger charge is 2.21. The highest BCUT2D eigenvalue weighted by molar-refractivity contribution is 7.07. The first-order valence-corrected chi connectivity index (χ1v) is 7.03. The third kappa shape index (κ3) is 2.88. The molecule has 1 fully saturated rings. The van der Waals surface area contributed by atoms with Crippen LogP contribution in [0, 0.1) is 0 Å². The molecular formula is C12H16N4OS. The number of nitrogens with one attached hydrogen (secondary N) is 1. The number of hydrogen-bond acceptors (Lipinski definition) is 6. The van der Waals surface area contributed by atoms with E-state index in [1.165, 1.54) is 18.4 Å². The summed E-state index contributed by atoms with van der Waals surface area (Å²) in [5.41, 5.74) is 1.26. The minimum atomic E-state index is 0.578. The molecule has 2 heterocycles. The van der Waals surface area contributed by atoms with Crippen molar-refractivity contribution in [2.45, 2.75) is 32.0 Å². The standard InChI is InChI=1S/C12H16N4OS/c1-16(7-9-4-5-18-8-9)12-15-14-11(17-12)6-13-10-2-3-10/h4-5,8,10,13H,2-3,6-7H2,1H3. The molecule has 0 atom stereocenters. The van der Waals surface area contributed by atoms with Crippen LogP contribution in [0.3, 0.4) is 0 Å². The summed E-state index contributed by atoms with van der Waals surface area (Å²) in [4.78, 5) is 1.97. The fraction of sp³-hybridized carbons (Fsp3) is 0.500. The highest BCUT2D eigenvalue weighted by Crippen LogP contribution is 2.20. The largest absolute Gasteiger partial charge is 0.407 e. The smallest absolute Gasteiger partial charge is 0.318 e. The van der Waals surface area contributed by atoms with Gasteiger partial charge in [-0.05, 0) is 35.2 Å². The van der Waals surface area contributed by atoms with E-state index in [0.717, 1.165) is 6.54 Å². The molecule has 1 aliphatic rings. The molecule has 1 N–H and O–H groups in total. The summed E-state index contributed by atoms with van der Waals surface area (Å²) >= 11 is 1.70. The van der Waals surface area contributed by atoms with Crippen LogP contribution in [0.5, 0.6) is 0 Å². The predicted molar refractivity (Wildman–Crippen MR) is 70.6 cm³/mol. The third-order valence-electron chi connectivity index (χ3n) is 2.90. The monoisotopic (exact) mass is 264 g/mol. The number of aromatic nitrogens is 2. The lowest BCUT2D eigenvalue weighted by Crippen LogP contribution is -2.16. The topological polar surface area (TPSA) is 54.2 Å². The first-order chi connectivity index (χ1) is 8.81. The Kier molecular flexibility index (Phi) is 3.29.